The summed E-state index contributed by atoms with van der Waals surface area (Å²) in [4.78, 5) is 46.6. The lowest BCUT2D eigenvalue weighted by atomic mass is 9.81. The number of fused-ring (bicyclic) bond motifs is 2. The molecule has 2 aromatic carbocycles. The number of thiazole rings is 2. The molecule has 1 N–H and O–H groups in total. The molecule has 10 aromatic rings. The van der Waals surface area contributed by atoms with Crippen LogP contribution in [0.1, 0.15) is 81.9 Å². The third-order valence-electron chi connectivity index (χ3n) is 16.0. The number of aromatic nitrogens is 10. The highest BCUT2D eigenvalue weighted by molar-refractivity contribution is 9.10. The van der Waals surface area contributed by atoms with Gasteiger partial charge in [0.25, 0.3) is 0 Å². The zero-order valence-electron chi connectivity index (χ0n) is 50.2. The van der Waals surface area contributed by atoms with Gasteiger partial charge in [0.15, 0.2) is 10.3 Å². The summed E-state index contributed by atoms with van der Waals surface area (Å²) in [5, 5.41) is 24.0. The number of nitriles is 2. The Kier molecular flexibility index (Phi) is 18.3. The molecular weight excluding hydrogens is 1220 g/mol. The summed E-state index contributed by atoms with van der Waals surface area (Å²) in [5.74, 6) is 2.68. The van der Waals surface area contributed by atoms with E-state index in [4.69, 9.17) is 24.3 Å². The Morgan fingerprint density at radius 3 is 1.51 bits per heavy atom. The summed E-state index contributed by atoms with van der Waals surface area (Å²) in [7, 11) is 3.46. The predicted octanol–water partition coefficient (Wildman–Crippen LogP) is 12.0. The molecule has 450 valence electrons. The smallest absolute Gasteiger partial charge is 0.399 e. The lowest BCUT2D eigenvalue weighted by Crippen LogP contribution is -2.44. The minimum absolute atomic E-state index is 0.321. The van der Waals surface area contributed by atoms with Crippen molar-refractivity contribution >= 4 is 96.3 Å². The van der Waals surface area contributed by atoms with Crippen LogP contribution in [0.4, 0.5) is 42.6 Å². The van der Waals surface area contributed by atoms with Crippen molar-refractivity contribution in [3.8, 4) is 45.8 Å². The van der Waals surface area contributed by atoms with Crippen molar-refractivity contribution < 1.29 is 18.1 Å². The van der Waals surface area contributed by atoms with Crippen LogP contribution in [0.3, 0.4) is 0 Å². The fourth-order valence-corrected chi connectivity index (χ4v) is 12.6. The Hall–Kier alpha value is -8.30. The molecule has 25 heteroatoms. The number of rotatable bonds is 12. The Bertz CT molecular complexity index is 4160. The Morgan fingerprint density at radius 2 is 1.03 bits per heavy atom. The second-order valence-electron chi connectivity index (χ2n) is 22.4. The average Bonchev–Trinajstić information content (AvgIpc) is 1.84. The second-order valence-corrected chi connectivity index (χ2v) is 25.2. The topological polar surface area (TPSA) is 203 Å². The summed E-state index contributed by atoms with van der Waals surface area (Å²) >= 11 is 6.11. The largest absolute Gasteiger partial charge is 0.498 e. The minimum atomic E-state index is -0.384. The van der Waals surface area contributed by atoms with E-state index in [0.29, 0.717) is 42.5 Å². The van der Waals surface area contributed by atoms with E-state index < -0.39 is 0 Å². The molecule has 0 aliphatic carbocycles. The van der Waals surface area contributed by atoms with Gasteiger partial charge in [0, 0.05) is 123 Å². The number of pyridine rings is 2. The van der Waals surface area contributed by atoms with Gasteiger partial charge >= 0.3 is 7.12 Å². The Morgan fingerprint density at radius 1 is 0.591 bits per heavy atom. The molecule has 0 bridgehead atoms. The van der Waals surface area contributed by atoms with Crippen molar-refractivity contribution in [2.45, 2.75) is 84.8 Å². The van der Waals surface area contributed by atoms with Crippen LogP contribution in [0.5, 0.6) is 0 Å². The van der Waals surface area contributed by atoms with Gasteiger partial charge in [-0.3, -0.25) is 8.80 Å². The number of piperazine rings is 1. The normalized spacial score (nSPS) is 15.3. The molecule has 0 amide bonds. The monoisotopic (exact) mass is 1280 g/mol. The molecule has 0 radical (unpaired) electrons. The van der Waals surface area contributed by atoms with E-state index in [0.717, 1.165) is 119 Å². The number of nitrogens with zero attached hydrogens (tertiary/aromatic N) is 16. The first kappa shape index (κ1) is 61.4. The molecule has 13 rings (SSSR count). The molecule has 0 spiro atoms. The molecule has 3 aliphatic rings. The maximum atomic E-state index is 13.5. The number of hydrogen-bond donors (Lipinski definition) is 1. The lowest BCUT2D eigenvalue weighted by molar-refractivity contribution is 0.00578. The number of benzene rings is 2. The summed E-state index contributed by atoms with van der Waals surface area (Å²) in [5.41, 5.74) is 8.12. The van der Waals surface area contributed by atoms with E-state index >= 15 is 0 Å². The molecular formula is C63H65BBrF2N17O2S2. The first-order valence-electron chi connectivity index (χ1n) is 29.2. The molecule has 0 unspecified atom stereocenters. The SMILES string of the molecule is CC1(C)OB(c2cnc(N3CCCCC3)nc2)OC1(C)C.CCc1nc2ccc(-c3cnc(N4CCNCC4)nc3)cn2c1N(C)c1nc(-c2ccc(F)cc2)c(C#N)s1.CCc1nc2ccc(Br)cn2c1N(C)c1nc(-c2ccc(F)cc2)c(C#N)s1. The summed E-state index contributed by atoms with van der Waals surface area (Å²) in [6.45, 7) is 18.1. The van der Waals surface area contributed by atoms with Crippen LogP contribution in [0.15, 0.2) is 114 Å². The molecule has 3 fully saturated rings. The maximum absolute atomic E-state index is 13.5. The third kappa shape index (κ3) is 12.8. The van der Waals surface area contributed by atoms with E-state index in [1.807, 2.05) is 94.1 Å². The van der Waals surface area contributed by atoms with Gasteiger partial charge in [0.05, 0.1) is 22.6 Å². The van der Waals surface area contributed by atoms with Crippen LogP contribution in [-0.4, -0.2) is 120 Å². The van der Waals surface area contributed by atoms with Gasteiger partial charge in [-0.15, -0.1) is 0 Å². The minimum Gasteiger partial charge on any atom is -0.399 e. The van der Waals surface area contributed by atoms with Crippen LogP contribution >= 0.6 is 38.6 Å². The highest BCUT2D eigenvalue weighted by atomic mass is 79.9. The van der Waals surface area contributed by atoms with Gasteiger partial charge < -0.3 is 34.2 Å². The molecule has 0 saturated carbocycles. The first-order chi connectivity index (χ1) is 42.5. The summed E-state index contributed by atoms with van der Waals surface area (Å²) in [6, 6.07) is 24.4. The Labute approximate surface area is 526 Å². The molecule has 0 atom stereocenters. The fraction of sp³-hybridized carbons (Fsp3) is 0.333. The average molecular weight is 1290 g/mol. The molecule has 19 nitrogen and oxygen atoms in total. The van der Waals surface area contributed by atoms with E-state index in [9.17, 15) is 19.3 Å². The zero-order chi connectivity index (χ0) is 61.9. The van der Waals surface area contributed by atoms with Crippen LogP contribution in [0.25, 0.3) is 44.9 Å². The van der Waals surface area contributed by atoms with Gasteiger partial charge in [0.2, 0.25) is 11.9 Å². The van der Waals surface area contributed by atoms with Gasteiger partial charge in [-0.25, -0.2) is 48.7 Å². The molecule has 3 saturated heterocycles. The van der Waals surface area contributed by atoms with Crippen molar-refractivity contribution in [1.82, 2.24) is 54.0 Å². The standard InChI is InChI=1S/C28H26FN9S.C20H15BrFN5S.C15H24BN3O2/c1-3-22-26(36(2)28-35-25(23(14-30)39-28)18-4-7-21(29)8-5-18)38-17-19(6-9-24(38)34-22)20-15-32-27(33-16-20)37-12-10-31-11-13-37;1-3-15-19(27-11-13(21)6-9-17(27)24-15)26(2)20-25-18(16(10-23)28-20)12-4-7-14(22)8-5-12;1-14(2)15(3,4)21-16(20-14)12-10-17-13(18-11-12)19-8-6-5-7-9-19/h4-9,15-17,31H,3,10-13H2,1-2H3;4-9,11H,3H2,1-2H3;10-11H,5-9H2,1-4H3. The number of aryl methyl sites for hydroxylation is 2. The number of halogens is 3. The number of piperidine rings is 1. The van der Waals surface area contributed by atoms with E-state index in [1.165, 1.54) is 66.2 Å². The molecule has 11 heterocycles. The van der Waals surface area contributed by atoms with E-state index in [-0.39, 0.29) is 30.0 Å². The van der Waals surface area contributed by atoms with Crippen LogP contribution in [0.2, 0.25) is 0 Å². The highest BCUT2D eigenvalue weighted by Crippen LogP contribution is 2.40. The lowest BCUT2D eigenvalue weighted by Gasteiger charge is -2.32. The van der Waals surface area contributed by atoms with Crippen molar-refractivity contribution in [2.24, 2.45) is 0 Å². The number of imidazole rings is 2. The van der Waals surface area contributed by atoms with E-state index in [1.54, 1.807) is 24.3 Å². The van der Waals surface area contributed by atoms with Crippen molar-refractivity contribution in [1.29, 1.82) is 10.5 Å². The first-order valence-corrected chi connectivity index (χ1v) is 31.6. The highest BCUT2D eigenvalue weighted by Gasteiger charge is 2.52. The van der Waals surface area contributed by atoms with Gasteiger partial charge in [0.1, 0.15) is 67.8 Å². The van der Waals surface area contributed by atoms with Gasteiger partial charge in [-0.2, -0.15) is 10.5 Å². The van der Waals surface area contributed by atoms with Crippen molar-refractivity contribution in [3.63, 3.8) is 0 Å². The van der Waals surface area contributed by atoms with E-state index in [2.05, 4.69) is 110 Å². The van der Waals surface area contributed by atoms with Crippen LogP contribution in [-0.2, 0) is 22.2 Å². The zero-order valence-corrected chi connectivity index (χ0v) is 53.4. The second kappa shape index (κ2) is 26.2. The number of anilines is 6. The van der Waals surface area contributed by atoms with Crippen LogP contribution < -0.4 is 30.4 Å². The van der Waals surface area contributed by atoms with Gasteiger partial charge in [-0.1, -0.05) is 36.5 Å². The van der Waals surface area contributed by atoms with Crippen LogP contribution in [0, 0.1) is 34.3 Å². The van der Waals surface area contributed by atoms with Crippen molar-refractivity contribution in [2.75, 3.05) is 73.0 Å². The molecule has 8 aromatic heterocycles. The number of nitrogens with one attached hydrogen (secondary N) is 1. The number of hydrogen-bond acceptors (Lipinski definition) is 19. The van der Waals surface area contributed by atoms with Crippen molar-refractivity contribution in [3.05, 3.63) is 147 Å². The third-order valence-corrected chi connectivity index (χ3v) is 18.6. The quantitative estimate of drug-likeness (QED) is 0.113. The Balaban J connectivity index is 0.000000144. The van der Waals surface area contributed by atoms with Gasteiger partial charge in [-0.05, 0) is 149 Å². The summed E-state index contributed by atoms with van der Waals surface area (Å²) < 4.78 is 43.8. The summed E-state index contributed by atoms with van der Waals surface area (Å²) in [6.07, 6.45) is 16.6. The molecule has 88 heavy (non-hydrogen) atoms. The molecule has 3 aliphatic heterocycles. The predicted molar refractivity (Wildman–Crippen MR) is 347 cm³/mol. The maximum Gasteiger partial charge on any atom is 0.498 e. The fourth-order valence-electron chi connectivity index (χ4n) is 10.5.